The van der Waals surface area contributed by atoms with Crippen molar-refractivity contribution in [2.24, 2.45) is 16.3 Å². The first-order valence-electron chi connectivity index (χ1n) is 12.9. The van der Waals surface area contributed by atoms with Gasteiger partial charge in [-0.3, -0.25) is 4.79 Å². The maximum atomic E-state index is 13.9. The third-order valence-electron chi connectivity index (χ3n) is 6.63. The highest BCUT2D eigenvalue weighted by Crippen LogP contribution is 2.35. The number of rotatable bonds is 6. The first-order valence-corrected chi connectivity index (χ1v) is 13.7. The second-order valence-corrected chi connectivity index (χ2v) is 12.2. The molecule has 0 N–H and O–H groups in total. The summed E-state index contributed by atoms with van der Waals surface area (Å²) in [6.45, 7) is 14.8. The molecule has 4 rings (SSSR count). The number of fused-ring (bicyclic) bond motifs is 2. The number of hydrogen-bond acceptors (Lipinski definition) is 8. The maximum Gasteiger partial charge on any atom is 0.423 e. The van der Waals surface area contributed by atoms with Gasteiger partial charge in [0.05, 0.1) is 22.0 Å². The predicted molar refractivity (Wildman–Crippen MR) is 146 cm³/mol. The van der Waals surface area contributed by atoms with Crippen LogP contribution in [0.4, 0.5) is 16.2 Å². The van der Waals surface area contributed by atoms with Crippen LogP contribution in [0.25, 0.3) is 5.82 Å². The van der Waals surface area contributed by atoms with Crippen LogP contribution in [0.1, 0.15) is 45.9 Å². The number of likely N-dealkylation sites (N-methyl/N-ethyl adjacent to an activating group) is 1. The Labute approximate surface area is 223 Å². The van der Waals surface area contributed by atoms with Crippen LogP contribution in [0.15, 0.2) is 35.3 Å². The first kappa shape index (κ1) is 27.1. The van der Waals surface area contributed by atoms with E-state index in [2.05, 4.69) is 36.8 Å². The third-order valence-corrected chi connectivity index (χ3v) is 7.57. The van der Waals surface area contributed by atoms with Crippen molar-refractivity contribution in [1.82, 2.24) is 9.80 Å². The number of nitrogens with zero attached hydrogens (tertiary/aromatic N) is 4. The highest BCUT2D eigenvalue weighted by molar-refractivity contribution is 7.09. The van der Waals surface area contributed by atoms with Gasteiger partial charge in [-0.05, 0) is 58.4 Å². The molecule has 8 nitrogen and oxygen atoms in total. The molecule has 9 heteroatoms. The van der Waals surface area contributed by atoms with E-state index >= 15 is 0 Å². The Morgan fingerprint density at radius 1 is 1.08 bits per heavy atom. The summed E-state index contributed by atoms with van der Waals surface area (Å²) in [4.78, 5) is 38.9. The van der Waals surface area contributed by atoms with Gasteiger partial charge in [0.15, 0.2) is 0 Å². The van der Waals surface area contributed by atoms with Crippen LogP contribution in [0, 0.1) is 18.3 Å². The van der Waals surface area contributed by atoms with Crippen molar-refractivity contribution in [2.75, 3.05) is 38.1 Å². The lowest BCUT2D eigenvalue weighted by Crippen LogP contribution is -2.51. The van der Waals surface area contributed by atoms with E-state index < -0.39 is 17.8 Å². The van der Waals surface area contributed by atoms with E-state index in [1.165, 1.54) is 0 Å². The minimum atomic E-state index is -1.05. The topological polar surface area (TPSA) is 74.7 Å². The lowest BCUT2D eigenvalue weighted by Gasteiger charge is -2.39. The second-order valence-electron chi connectivity index (χ2n) is 11.0. The number of amides is 1. The minimum Gasteiger partial charge on any atom is -0.425 e. The summed E-state index contributed by atoms with van der Waals surface area (Å²) >= 11 is 1.61. The number of carbonyl (C=O) groups excluding carboxylic acids is 2. The third kappa shape index (κ3) is 5.99. The molecular weight excluding hydrogens is 488 g/mol. The molecule has 200 valence electrons. The fourth-order valence-electron chi connectivity index (χ4n) is 4.98. The van der Waals surface area contributed by atoms with Crippen molar-refractivity contribution < 1.29 is 19.1 Å². The van der Waals surface area contributed by atoms with Gasteiger partial charge in [-0.2, -0.15) is 0 Å². The van der Waals surface area contributed by atoms with Crippen LogP contribution in [0.2, 0.25) is 0 Å². The highest BCUT2D eigenvalue weighted by Gasteiger charge is 2.35. The quantitative estimate of drug-likeness (QED) is 0.414. The van der Waals surface area contributed by atoms with Crippen LogP contribution < -0.4 is 14.8 Å². The number of esters is 1. The van der Waals surface area contributed by atoms with Crippen molar-refractivity contribution >= 4 is 40.6 Å². The van der Waals surface area contributed by atoms with Crippen molar-refractivity contribution in [3.05, 3.63) is 45.1 Å². The minimum absolute atomic E-state index is 0.335. The summed E-state index contributed by atoms with van der Waals surface area (Å²) in [5.74, 6) is 0.707. The zero-order valence-electron chi connectivity index (χ0n) is 22.9. The van der Waals surface area contributed by atoms with Crippen molar-refractivity contribution in [2.45, 2.75) is 54.3 Å². The Bertz CT molecular complexity index is 1280. The molecule has 1 aromatic heterocycles. The Morgan fingerprint density at radius 3 is 2.43 bits per heavy atom. The summed E-state index contributed by atoms with van der Waals surface area (Å²) in [7, 11) is 2.10. The van der Waals surface area contributed by atoms with Crippen molar-refractivity contribution in [3.63, 3.8) is 0 Å². The summed E-state index contributed by atoms with van der Waals surface area (Å²) in [6.07, 6.45) is -0.971. The van der Waals surface area contributed by atoms with Crippen LogP contribution in [0.3, 0.4) is 0 Å². The van der Waals surface area contributed by atoms with E-state index in [1.54, 1.807) is 23.2 Å². The molecule has 2 aliphatic rings. The molecule has 1 amide bonds. The number of carbonyl (C=O) groups is 2. The fraction of sp³-hybridized carbons (Fsp3) is 0.536. The van der Waals surface area contributed by atoms with Crippen LogP contribution in [-0.4, -0.2) is 61.4 Å². The summed E-state index contributed by atoms with van der Waals surface area (Å²) in [5, 5.41) is 0.905. The molecule has 1 atom stereocenters. The lowest BCUT2D eigenvalue weighted by molar-refractivity contribution is -0.175. The number of para-hydroxylation sites is 2. The molecule has 3 heterocycles. The molecule has 1 aromatic carbocycles. The van der Waals surface area contributed by atoms with E-state index in [0.717, 1.165) is 46.8 Å². The summed E-state index contributed by atoms with van der Waals surface area (Å²) in [5.41, 5.74) is 0.652. The molecule has 37 heavy (non-hydrogen) atoms. The first-order chi connectivity index (χ1) is 17.5. The predicted octanol–water partition coefficient (Wildman–Crippen LogP) is 4.24. The number of anilines is 1. The van der Waals surface area contributed by atoms with Crippen LogP contribution in [0.5, 0.6) is 0 Å². The number of aryl methyl sites for hydroxylation is 1. The van der Waals surface area contributed by atoms with Gasteiger partial charge in [0, 0.05) is 38.0 Å². The van der Waals surface area contributed by atoms with E-state index in [4.69, 9.17) is 14.5 Å². The number of thiophene rings is 1. The van der Waals surface area contributed by atoms with Gasteiger partial charge in [0.1, 0.15) is 10.5 Å². The average Bonchev–Trinajstić information content (AvgIpc) is 3.10. The Hall–Kier alpha value is -2.91. The fourth-order valence-corrected chi connectivity index (χ4v) is 5.87. The molecule has 0 aliphatic carbocycles. The second kappa shape index (κ2) is 10.8. The van der Waals surface area contributed by atoms with Gasteiger partial charge in [-0.1, -0.05) is 26.0 Å². The molecule has 1 saturated heterocycles. The van der Waals surface area contributed by atoms with Crippen molar-refractivity contribution in [1.29, 1.82) is 0 Å². The van der Waals surface area contributed by atoms with E-state index in [1.807, 2.05) is 45.0 Å². The van der Waals surface area contributed by atoms with Gasteiger partial charge in [0.2, 0.25) is 6.29 Å². The van der Waals surface area contributed by atoms with Gasteiger partial charge in [-0.15, -0.1) is 11.3 Å². The average molecular weight is 527 g/mol. The van der Waals surface area contributed by atoms with E-state index in [0.29, 0.717) is 23.7 Å². The monoisotopic (exact) mass is 526 g/mol. The van der Waals surface area contributed by atoms with Gasteiger partial charge < -0.3 is 19.3 Å². The van der Waals surface area contributed by atoms with Crippen LogP contribution in [-0.2, 0) is 14.3 Å². The number of hydrogen-bond donors (Lipinski definition) is 0. The standard InChI is InChI=1S/C28H38N4O4S/c1-18(2)17-28(5,6)26(33)35-20(4)36-27(34)32-23-11-9-8-10-22(23)29-24-21(16-19(3)37-24)25(32)31-14-12-30(7)13-15-31/h8-11,16,18,20H,12-15,17H2,1-7H3. The van der Waals surface area contributed by atoms with Crippen molar-refractivity contribution in [3.8, 4) is 0 Å². The van der Waals surface area contributed by atoms with E-state index in [9.17, 15) is 9.59 Å². The molecule has 2 aromatic rings. The normalized spacial score (nSPS) is 17.0. The lowest BCUT2D eigenvalue weighted by atomic mass is 9.84. The SMILES string of the molecule is Cc1cc2c(s1)=Nc1ccccc1N(C(=O)OC(C)OC(=O)C(C)(C)CC(C)C)C=2N1CCN(C)CC1. The molecule has 0 spiro atoms. The molecule has 1 unspecified atom stereocenters. The number of ether oxygens (including phenoxy) is 2. The highest BCUT2D eigenvalue weighted by atomic mass is 32.1. The van der Waals surface area contributed by atoms with Gasteiger partial charge in [-0.25, -0.2) is 14.7 Å². The van der Waals surface area contributed by atoms with Crippen LogP contribution >= 0.6 is 11.3 Å². The number of benzene rings is 1. The largest absolute Gasteiger partial charge is 0.425 e. The molecule has 2 aliphatic heterocycles. The molecule has 0 bridgehead atoms. The number of piperazine rings is 1. The molecule has 1 fully saturated rings. The van der Waals surface area contributed by atoms with Gasteiger partial charge >= 0.3 is 12.1 Å². The van der Waals surface area contributed by atoms with Gasteiger partial charge in [0.25, 0.3) is 0 Å². The Balaban J connectivity index is 1.70. The Kier molecular flexibility index (Phi) is 7.94. The molecular formula is C28H38N4O4S. The zero-order chi connectivity index (χ0) is 26.9. The Morgan fingerprint density at radius 2 is 1.76 bits per heavy atom. The molecule has 0 saturated carbocycles. The maximum absolute atomic E-state index is 13.9. The smallest absolute Gasteiger partial charge is 0.423 e. The summed E-state index contributed by atoms with van der Waals surface area (Å²) in [6, 6.07) is 9.66. The molecule has 0 radical (unpaired) electrons. The summed E-state index contributed by atoms with van der Waals surface area (Å²) < 4.78 is 12.3. The zero-order valence-corrected chi connectivity index (χ0v) is 23.7. The van der Waals surface area contributed by atoms with E-state index in [-0.39, 0.29) is 5.97 Å².